The van der Waals surface area contributed by atoms with Crippen molar-refractivity contribution in [2.45, 2.75) is 31.9 Å². The van der Waals surface area contributed by atoms with Crippen molar-refractivity contribution in [1.29, 1.82) is 0 Å². The molecule has 1 aromatic heterocycles. The normalized spacial score (nSPS) is 16.1. The third-order valence-electron chi connectivity index (χ3n) is 3.47. The number of aliphatic hydroxyl groups excluding tert-OH is 1. The average Bonchev–Trinajstić information content (AvgIpc) is 3.23. The summed E-state index contributed by atoms with van der Waals surface area (Å²) in [6.07, 6.45) is 1.85. The third kappa shape index (κ3) is 2.76. The molecule has 0 bridgehead atoms. The molecule has 19 heavy (non-hydrogen) atoms. The van der Waals surface area contributed by atoms with Crippen LogP contribution in [0.15, 0.2) is 42.5 Å². The van der Waals surface area contributed by atoms with Gasteiger partial charge in [-0.2, -0.15) is 0 Å². The van der Waals surface area contributed by atoms with Crippen molar-refractivity contribution in [2.24, 2.45) is 0 Å². The molecule has 1 saturated carbocycles. The summed E-state index contributed by atoms with van der Waals surface area (Å²) < 4.78 is 0. The molecule has 3 heteroatoms. The highest BCUT2D eigenvalue weighted by Gasteiger charge is 2.22. The second kappa shape index (κ2) is 5.02. The summed E-state index contributed by atoms with van der Waals surface area (Å²) in [5.41, 5.74) is 2.64. The van der Waals surface area contributed by atoms with Crippen molar-refractivity contribution in [3.63, 3.8) is 0 Å². The minimum Gasteiger partial charge on any atom is -0.384 e. The van der Waals surface area contributed by atoms with Gasteiger partial charge in [0.25, 0.3) is 0 Å². The maximum Gasteiger partial charge on any atom is 0.126 e. The van der Waals surface area contributed by atoms with Gasteiger partial charge in [0.05, 0.1) is 0 Å². The second-order valence-corrected chi connectivity index (χ2v) is 5.10. The van der Waals surface area contributed by atoms with E-state index in [0.29, 0.717) is 6.04 Å². The van der Waals surface area contributed by atoms with Crippen molar-refractivity contribution in [2.75, 3.05) is 5.32 Å². The number of aromatic nitrogens is 1. The molecule has 98 valence electrons. The van der Waals surface area contributed by atoms with Crippen LogP contribution in [0.3, 0.4) is 0 Å². The standard InChI is InChI=1S/C16H18N2O/c1-11-14(16(19)12-5-3-2-4-6-12)9-10-15(17-11)18-13-7-8-13/h2-6,9-10,13,16,19H,7-8H2,1H3,(H,17,18). The lowest BCUT2D eigenvalue weighted by molar-refractivity contribution is 0.219. The van der Waals surface area contributed by atoms with Gasteiger partial charge in [-0.1, -0.05) is 36.4 Å². The number of nitrogens with zero attached hydrogens (tertiary/aromatic N) is 1. The number of nitrogens with one attached hydrogen (secondary N) is 1. The van der Waals surface area contributed by atoms with Crippen molar-refractivity contribution in [3.8, 4) is 0 Å². The van der Waals surface area contributed by atoms with E-state index in [1.165, 1.54) is 12.8 Å². The van der Waals surface area contributed by atoms with E-state index in [1.54, 1.807) is 0 Å². The van der Waals surface area contributed by atoms with Crippen LogP contribution in [0, 0.1) is 6.92 Å². The fourth-order valence-corrected chi connectivity index (χ4v) is 2.19. The Hall–Kier alpha value is -1.87. The molecule has 2 aromatic rings. The van der Waals surface area contributed by atoms with Gasteiger partial charge in [-0.3, -0.25) is 0 Å². The Morgan fingerprint density at radius 1 is 1.16 bits per heavy atom. The fourth-order valence-electron chi connectivity index (χ4n) is 2.19. The third-order valence-corrected chi connectivity index (χ3v) is 3.47. The fraction of sp³-hybridized carbons (Fsp3) is 0.312. The van der Waals surface area contributed by atoms with E-state index in [9.17, 15) is 5.11 Å². The summed E-state index contributed by atoms with van der Waals surface area (Å²) in [6, 6.07) is 14.2. The first-order valence-electron chi connectivity index (χ1n) is 6.71. The molecule has 1 aliphatic rings. The molecule has 2 N–H and O–H groups in total. The van der Waals surface area contributed by atoms with Crippen molar-refractivity contribution >= 4 is 5.82 Å². The predicted octanol–water partition coefficient (Wildman–Crippen LogP) is 3.05. The molecule has 0 spiro atoms. The number of aliphatic hydroxyl groups is 1. The lowest BCUT2D eigenvalue weighted by Gasteiger charge is -2.15. The zero-order chi connectivity index (χ0) is 13.2. The number of hydrogen-bond acceptors (Lipinski definition) is 3. The molecule has 1 atom stereocenters. The van der Waals surface area contributed by atoms with Crippen LogP contribution in [0.5, 0.6) is 0 Å². The predicted molar refractivity (Wildman–Crippen MR) is 76.1 cm³/mol. The van der Waals surface area contributed by atoms with Gasteiger partial charge in [0.2, 0.25) is 0 Å². The number of aryl methyl sites for hydroxylation is 1. The quantitative estimate of drug-likeness (QED) is 0.881. The Bertz CT molecular complexity index is 564. The van der Waals surface area contributed by atoms with E-state index in [0.717, 1.165) is 22.6 Å². The highest BCUT2D eigenvalue weighted by atomic mass is 16.3. The van der Waals surface area contributed by atoms with Crippen LogP contribution in [0.4, 0.5) is 5.82 Å². The lowest BCUT2D eigenvalue weighted by atomic mass is 10.0. The first-order valence-corrected chi connectivity index (χ1v) is 6.71. The summed E-state index contributed by atoms with van der Waals surface area (Å²) >= 11 is 0. The maximum atomic E-state index is 10.4. The lowest BCUT2D eigenvalue weighted by Crippen LogP contribution is -2.07. The Labute approximate surface area is 113 Å². The summed E-state index contributed by atoms with van der Waals surface area (Å²) in [4.78, 5) is 4.53. The van der Waals surface area contributed by atoms with Crippen molar-refractivity contribution in [3.05, 3.63) is 59.3 Å². The van der Waals surface area contributed by atoms with E-state index < -0.39 is 6.10 Å². The van der Waals surface area contributed by atoms with Crippen LogP contribution in [-0.2, 0) is 0 Å². The number of pyridine rings is 1. The smallest absolute Gasteiger partial charge is 0.126 e. The van der Waals surface area contributed by atoms with Gasteiger partial charge in [-0.05, 0) is 31.4 Å². The molecule has 0 saturated heterocycles. The van der Waals surface area contributed by atoms with Crippen LogP contribution >= 0.6 is 0 Å². The van der Waals surface area contributed by atoms with Crippen LogP contribution in [0.25, 0.3) is 0 Å². The van der Waals surface area contributed by atoms with E-state index in [-0.39, 0.29) is 0 Å². The maximum absolute atomic E-state index is 10.4. The summed E-state index contributed by atoms with van der Waals surface area (Å²) in [5, 5.41) is 13.8. The van der Waals surface area contributed by atoms with Gasteiger partial charge in [0, 0.05) is 17.3 Å². The molecule has 1 heterocycles. The van der Waals surface area contributed by atoms with E-state index in [2.05, 4.69) is 10.3 Å². The van der Waals surface area contributed by atoms with Gasteiger partial charge >= 0.3 is 0 Å². The average molecular weight is 254 g/mol. The summed E-state index contributed by atoms with van der Waals surface area (Å²) in [6.45, 7) is 1.94. The van der Waals surface area contributed by atoms with Crippen LogP contribution in [0.2, 0.25) is 0 Å². The molecule has 0 aliphatic heterocycles. The van der Waals surface area contributed by atoms with Crippen LogP contribution in [0.1, 0.15) is 35.8 Å². The highest BCUT2D eigenvalue weighted by molar-refractivity contribution is 5.43. The van der Waals surface area contributed by atoms with E-state index >= 15 is 0 Å². The minimum atomic E-state index is -0.608. The summed E-state index contributed by atoms with van der Waals surface area (Å²) in [5.74, 6) is 0.906. The number of hydrogen-bond donors (Lipinski definition) is 2. The molecular weight excluding hydrogens is 236 g/mol. The molecule has 1 fully saturated rings. The first kappa shape index (κ1) is 12.2. The molecule has 0 radical (unpaired) electrons. The van der Waals surface area contributed by atoms with Crippen LogP contribution < -0.4 is 5.32 Å². The Kier molecular flexibility index (Phi) is 3.22. The van der Waals surface area contributed by atoms with Gasteiger partial charge in [0.15, 0.2) is 0 Å². The topological polar surface area (TPSA) is 45.2 Å². The molecule has 1 aliphatic carbocycles. The van der Waals surface area contributed by atoms with E-state index in [1.807, 2.05) is 49.4 Å². The number of anilines is 1. The monoisotopic (exact) mass is 254 g/mol. The Balaban J connectivity index is 1.84. The Morgan fingerprint density at radius 2 is 1.89 bits per heavy atom. The number of benzene rings is 1. The van der Waals surface area contributed by atoms with E-state index in [4.69, 9.17) is 0 Å². The SMILES string of the molecule is Cc1nc(NC2CC2)ccc1C(O)c1ccccc1. The van der Waals surface area contributed by atoms with Crippen LogP contribution in [-0.4, -0.2) is 16.1 Å². The van der Waals surface area contributed by atoms with Crippen molar-refractivity contribution < 1.29 is 5.11 Å². The summed E-state index contributed by atoms with van der Waals surface area (Å²) in [7, 11) is 0. The zero-order valence-electron chi connectivity index (χ0n) is 11.0. The Morgan fingerprint density at radius 3 is 2.53 bits per heavy atom. The highest BCUT2D eigenvalue weighted by Crippen LogP contribution is 2.27. The zero-order valence-corrected chi connectivity index (χ0v) is 11.0. The molecule has 3 rings (SSSR count). The van der Waals surface area contributed by atoms with Gasteiger partial charge < -0.3 is 10.4 Å². The largest absolute Gasteiger partial charge is 0.384 e. The molecule has 0 amide bonds. The molecular formula is C16H18N2O. The number of rotatable bonds is 4. The molecule has 1 unspecified atom stereocenters. The van der Waals surface area contributed by atoms with Crippen molar-refractivity contribution in [1.82, 2.24) is 4.98 Å². The van der Waals surface area contributed by atoms with Gasteiger partial charge in [-0.15, -0.1) is 0 Å². The molecule has 1 aromatic carbocycles. The first-order chi connectivity index (χ1) is 9.24. The molecule has 3 nitrogen and oxygen atoms in total. The second-order valence-electron chi connectivity index (χ2n) is 5.10. The van der Waals surface area contributed by atoms with Gasteiger partial charge in [-0.25, -0.2) is 4.98 Å². The minimum absolute atomic E-state index is 0.594. The van der Waals surface area contributed by atoms with Gasteiger partial charge in [0.1, 0.15) is 11.9 Å².